The van der Waals surface area contributed by atoms with Crippen LogP contribution < -0.4 is 9.47 Å². The molecule has 0 radical (unpaired) electrons. The van der Waals surface area contributed by atoms with Gasteiger partial charge in [-0.1, -0.05) is 25.0 Å². The fraction of sp³-hybridized carbons (Fsp3) is 0.577. The number of esters is 1. The van der Waals surface area contributed by atoms with Gasteiger partial charge in [0.1, 0.15) is 0 Å². The van der Waals surface area contributed by atoms with Crippen LogP contribution in [0.1, 0.15) is 71.1 Å². The molecule has 0 amide bonds. The molecular weight excluding hydrogens is 398 g/mol. The first-order valence-corrected chi connectivity index (χ1v) is 11.6. The molecule has 2 saturated carbocycles. The summed E-state index contributed by atoms with van der Waals surface area (Å²) in [6, 6.07) is 2.51. The van der Waals surface area contributed by atoms with E-state index >= 15 is 0 Å². The molecule has 0 spiro atoms. The highest BCUT2D eigenvalue weighted by molar-refractivity contribution is 5.75. The molecule has 31 heavy (non-hydrogen) atoms. The van der Waals surface area contributed by atoms with Gasteiger partial charge in [0.15, 0.2) is 11.5 Å². The number of rotatable bonds is 8. The Morgan fingerprint density at radius 2 is 1.58 bits per heavy atom. The molecule has 0 heterocycles. The van der Waals surface area contributed by atoms with Gasteiger partial charge in [0.2, 0.25) is 11.6 Å². The maximum Gasteiger partial charge on any atom is 0.314 e. The molecule has 0 saturated heterocycles. The number of carbonyl (C=O) groups excluding carboxylic acids is 1. The molecule has 2 fully saturated rings. The molecule has 0 aliphatic heterocycles. The highest BCUT2D eigenvalue weighted by Crippen LogP contribution is 2.42. The Kier molecular flexibility index (Phi) is 8.68. The minimum absolute atomic E-state index is 0.241. The van der Waals surface area contributed by atoms with Gasteiger partial charge in [-0.25, -0.2) is 0 Å². The summed E-state index contributed by atoms with van der Waals surface area (Å²) in [4.78, 5) is 12.6. The van der Waals surface area contributed by atoms with Crippen molar-refractivity contribution in [1.29, 1.82) is 0 Å². The highest BCUT2D eigenvalue weighted by Gasteiger charge is 2.34. The van der Waals surface area contributed by atoms with E-state index in [1.807, 2.05) is 6.08 Å². The van der Waals surface area contributed by atoms with Gasteiger partial charge in [0.05, 0.1) is 12.2 Å². The first kappa shape index (κ1) is 23.5. The van der Waals surface area contributed by atoms with E-state index in [4.69, 9.17) is 9.47 Å². The summed E-state index contributed by atoms with van der Waals surface area (Å²) in [5.74, 6) is -1.42. The molecule has 0 aromatic heterocycles. The summed E-state index contributed by atoms with van der Waals surface area (Å²) in [6.07, 6.45) is 15.9. The monoisotopic (exact) mass is 432 g/mol. The summed E-state index contributed by atoms with van der Waals surface area (Å²) < 4.78 is 38.6. The zero-order valence-electron chi connectivity index (χ0n) is 18.5. The predicted molar refractivity (Wildman–Crippen MR) is 118 cm³/mol. The van der Waals surface area contributed by atoms with Crippen LogP contribution in [0.15, 0.2) is 37.1 Å². The number of carbonyl (C=O) groups is 1. The molecule has 0 atom stereocenters. The van der Waals surface area contributed by atoms with Crippen LogP contribution in [-0.4, -0.2) is 5.97 Å². The summed E-state index contributed by atoms with van der Waals surface area (Å²) in [6.45, 7) is 5.52. The van der Waals surface area contributed by atoms with Crippen LogP contribution >= 0.6 is 0 Å². The molecule has 0 bridgehead atoms. The fourth-order valence-corrected chi connectivity index (χ4v) is 5.15. The highest BCUT2D eigenvalue weighted by atomic mass is 19.2. The molecule has 170 valence electrons. The normalized spacial score (nSPS) is 26.5. The molecular formula is C26H34F2O3. The van der Waals surface area contributed by atoms with E-state index in [2.05, 4.69) is 6.58 Å². The largest absolute Gasteiger partial charge is 0.462 e. The van der Waals surface area contributed by atoms with Gasteiger partial charge in [-0.2, -0.15) is 8.78 Å². The van der Waals surface area contributed by atoms with Crippen molar-refractivity contribution < 1.29 is 23.0 Å². The third kappa shape index (κ3) is 6.18. The smallest absolute Gasteiger partial charge is 0.314 e. The molecule has 1 aromatic carbocycles. The lowest BCUT2D eigenvalue weighted by molar-refractivity contribution is -0.140. The maximum absolute atomic E-state index is 14.3. The molecule has 0 unspecified atom stereocenters. The third-order valence-electron chi connectivity index (χ3n) is 7.00. The van der Waals surface area contributed by atoms with Crippen molar-refractivity contribution in [3.8, 4) is 11.5 Å². The Balaban J connectivity index is 1.47. The van der Waals surface area contributed by atoms with Crippen LogP contribution in [0.4, 0.5) is 8.78 Å². The average molecular weight is 433 g/mol. The Bertz CT molecular complexity index is 773. The Labute approximate surface area is 184 Å². The van der Waals surface area contributed by atoms with E-state index in [0.29, 0.717) is 5.92 Å². The van der Waals surface area contributed by atoms with Crippen molar-refractivity contribution in [2.75, 3.05) is 0 Å². The van der Waals surface area contributed by atoms with Crippen molar-refractivity contribution in [1.82, 2.24) is 0 Å². The Morgan fingerprint density at radius 3 is 2.19 bits per heavy atom. The summed E-state index contributed by atoms with van der Waals surface area (Å²) in [7, 11) is 0. The van der Waals surface area contributed by atoms with Gasteiger partial charge >= 0.3 is 5.97 Å². The molecule has 2 aliphatic rings. The number of halogens is 2. The number of ether oxygens (including phenoxy) is 2. The van der Waals surface area contributed by atoms with Gasteiger partial charge < -0.3 is 9.47 Å². The topological polar surface area (TPSA) is 35.5 Å². The first-order chi connectivity index (χ1) is 15.0. The number of hydrogen-bond acceptors (Lipinski definition) is 3. The number of hydrogen-bond donors (Lipinski definition) is 0. The zero-order chi connectivity index (χ0) is 22.2. The van der Waals surface area contributed by atoms with Crippen molar-refractivity contribution >= 4 is 5.97 Å². The fourth-order valence-electron chi connectivity index (χ4n) is 5.15. The van der Waals surface area contributed by atoms with Gasteiger partial charge in [0, 0.05) is 0 Å². The summed E-state index contributed by atoms with van der Waals surface area (Å²) >= 11 is 0. The van der Waals surface area contributed by atoms with Crippen LogP contribution in [0.2, 0.25) is 0 Å². The van der Waals surface area contributed by atoms with E-state index in [1.54, 1.807) is 13.0 Å². The maximum atomic E-state index is 14.3. The second-order valence-corrected chi connectivity index (χ2v) is 8.96. The van der Waals surface area contributed by atoms with Crippen LogP contribution in [0.25, 0.3) is 0 Å². The van der Waals surface area contributed by atoms with Crippen LogP contribution in [0.3, 0.4) is 0 Å². The van der Waals surface area contributed by atoms with Gasteiger partial charge in [-0.3, -0.25) is 4.79 Å². The second-order valence-electron chi connectivity index (χ2n) is 8.96. The van der Waals surface area contributed by atoms with E-state index in [0.717, 1.165) is 43.9 Å². The Hall–Kier alpha value is -2.17. The lowest BCUT2D eigenvalue weighted by Crippen LogP contribution is -2.30. The zero-order valence-corrected chi connectivity index (χ0v) is 18.5. The standard InChI is InChI=1S/C26H34F2O3/c1-3-5-6-18-7-9-19(10-8-18)20-11-13-21(14-12-20)26(29)31-23-16-15-22(30-17-4-2)24(27)25(23)28/h3-4,15-21H,1,5-14H2,2H3. The molecule has 3 nitrogen and oxygen atoms in total. The van der Waals surface area contributed by atoms with E-state index in [9.17, 15) is 13.6 Å². The van der Waals surface area contributed by atoms with Crippen molar-refractivity contribution in [3.63, 3.8) is 0 Å². The minimum atomic E-state index is -1.20. The molecule has 2 aliphatic carbocycles. The lowest BCUT2D eigenvalue weighted by atomic mass is 9.69. The van der Waals surface area contributed by atoms with E-state index < -0.39 is 17.6 Å². The first-order valence-electron chi connectivity index (χ1n) is 11.6. The third-order valence-corrected chi connectivity index (χ3v) is 7.00. The molecule has 0 N–H and O–H groups in total. The lowest BCUT2D eigenvalue weighted by Gasteiger charge is -2.37. The molecule has 1 aromatic rings. The predicted octanol–water partition coefficient (Wildman–Crippen LogP) is 7.36. The van der Waals surface area contributed by atoms with Crippen LogP contribution in [0.5, 0.6) is 11.5 Å². The van der Waals surface area contributed by atoms with Crippen molar-refractivity contribution in [2.24, 2.45) is 23.7 Å². The number of allylic oxidation sites excluding steroid dienone is 2. The van der Waals surface area contributed by atoms with Gasteiger partial charge in [-0.15, -0.1) is 6.58 Å². The van der Waals surface area contributed by atoms with Gasteiger partial charge in [0.25, 0.3) is 0 Å². The van der Waals surface area contributed by atoms with Crippen LogP contribution in [-0.2, 0) is 4.79 Å². The van der Waals surface area contributed by atoms with Crippen molar-refractivity contribution in [3.05, 3.63) is 48.8 Å². The van der Waals surface area contributed by atoms with Crippen LogP contribution in [0, 0.1) is 35.3 Å². The molecule has 5 heteroatoms. The summed E-state index contributed by atoms with van der Waals surface area (Å²) in [5, 5.41) is 0. The quantitative estimate of drug-likeness (QED) is 0.186. The van der Waals surface area contributed by atoms with E-state index in [-0.39, 0.29) is 17.4 Å². The van der Waals surface area contributed by atoms with Crippen molar-refractivity contribution in [2.45, 2.75) is 71.1 Å². The molecule has 3 rings (SSSR count). The second kappa shape index (κ2) is 11.4. The SMILES string of the molecule is C=CCCC1CCC(C2CCC(C(=O)Oc3ccc(OC=CC)c(F)c3F)CC2)CC1. The van der Waals surface area contributed by atoms with Gasteiger partial charge in [-0.05, 0) is 88.2 Å². The number of benzene rings is 1. The minimum Gasteiger partial charge on any atom is -0.462 e. The van der Waals surface area contributed by atoms with E-state index in [1.165, 1.54) is 50.5 Å². The Morgan fingerprint density at radius 1 is 1.00 bits per heavy atom. The summed E-state index contributed by atoms with van der Waals surface area (Å²) in [5.41, 5.74) is 0. The average Bonchev–Trinajstić information content (AvgIpc) is 2.80.